The van der Waals surface area contributed by atoms with Crippen molar-refractivity contribution in [1.82, 2.24) is 18.7 Å². The van der Waals surface area contributed by atoms with Gasteiger partial charge in [0.2, 0.25) is 11.4 Å². The summed E-state index contributed by atoms with van der Waals surface area (Å²) >= 11 is 0. The zero-order chi connectivity index (χ0) is 46.8. The fraction of sp³-hybridized carbons (Fsp3) is 0.226. The van der Waals surface area contributed by atoms with E-state index in [2.05, 4.69) is 233 Å². The van der Waals surface area contributed by atoms with Crippen molar-refractivity contribution in [2.75, 3.05) is 0 Å². The van der Waals surface area contributed by atoms with E-state index >= 15 is 0 Å². The van der Waals surface area contributed by atoms with Gasteiger partial charge < -0.3 is 9.30 Å². The summed E-state index contributed by atoms with van der Waals surface area (Å²) in [6.07, 6.45) is 1.93. The van der Waals surface area contributed by atoms with E-state index in [1.54, 1.807) is 0 Å². The third kappa shape index (κ3) is 7.20. The number of rotatable bonds is 7. The second-order valence-corrected chi connectivity index (χ2v) is 21.9. The van der Waals surface area contributed by atoms with Crippen molar-refractivity contribution in [3.63, 3.8) is 0 Å². The summed E-state index contributed by atoms with van der Waals surface area (Å²) in [7, 11) is 0. The SMILES string of the molecule is Cc1cc(C(C)(C)C)cc(C)c1-c1ccnc(-n2c3[c-]c(Oc4[c-]c([N+]56[CH-][N@+]5(c5cc(-c7ccccc7)cc(C(C)(C)C)c5)c5cc(C(C)(C)C)ccc56)ccc4)ccc3c3ccccc32)c1.[Pt]. The smallest absolute Gasteiger partial charge is 0.225 e. The minimum Gasteiger partial charge on any atom is -0.509 e. The Bertz CT molecular complexity index is 3430. The van der Waals surface area contributed by atoms with E-state index in [0.29, 0.717) is 20.7 Å². The average Bonchev–Trinajstić information content (AvgIpc) is 3.79. The molecule has 2 aromatic heterocycles. The second kappa shape index (κ2) is 16.0. The normalized spacial score (nSPS) is 17.6. The Morgan fingerprint density at radius 1 is 0.529 bits per heavy atom. The van der Waals surface area contributed by atoms with Gasteiger partial charge in [-0.3, -0.25) is 0 Å². The molecule has 1 saturated heterocycles. The summed E-state index contributed by atoms with van der Waals surface area (Å²) in [6.45, 7) is 27.5. The topological polar surface area (TPSA) is 27.1 Å². The monoisotopic (exact) mass is 1070 g/mol. The van der Waals surface area contributed by atoms with Crippen molar-refractivity contribution in [2.24, 2.45) is 0 Å². The molecule has 0 bridgehead atoms. The van der Waals surface area contributed by atoms with Crippen LogP contribution in [0, 0.1) is 32.6 Å². The Morgan fingerprint density at radius 2 is 1.21 bits per heavy atom. The number of fused-ring (bicyclic) bond motifs is 7. The van der Waals surface area contributed by atoms with Gasteiger partial charge in [-0.25, -0.2) is 9.58 Å². The van der Waals surface area contributed by atoms with E-state index in [-0.39, 0.29) is 37.3 Å². The molecule has 0 saturated carbocycles. The first-order valence-electron chi connectivity index (χ1n) is 23.6. The Labute approximate surface area is 417 Å². The molecule has 11 rings (SSSR count). The van der Waals surface area contributed by atoms with E-state index in [1.807, 2.05) is 18.3 Å². The first kappa shape index (κ1) is 45.7. The first-order chi connectivity index (χ1) is 31.9. The second-order valence-electron chi connectivity index (χ2n) is 21.9. The van der Waals surface area contributed by atoms with Crippen molar-refractivity contribution >= 4 is 44.6 Å². The van der Waals surface area contributed by atoms with Crippen molar-refractivity contribution in [1.29, 1.82) is 0 Å². The predicted octanol–water partition coefficient (Wildman–Crippen LogP) is 16.8. The zero-order valence-electron chi connectivity index (χ0n) is 41.0. The minimum atomic E-state index is -0.0526. The van der Waals surface area contributed by atoms with Gasteiger partial charge in [0.1, 0.15) is 5.82 Å². The Hall–Kier alpha value is -6.10. The molecular weight excluding hydrogens is 1010 g/mol. The van der Waals surface area contributed by atoms with Crippen LogP contribution in [0.4, 0.5) is 22.7 Å². The molecule has 9 aromatic rings. The molecule has 2 atom stereocenters. The standard InChI is InChI=1S/C62H59N4O.Pt/c1-40-30-46(61(6,7)8)31-41(2)59(40)43-28-29-63-58(34-43)64-54-23-16-15-22-52(54)53-26-25-51(38-55(53)64)67-50-21-17-20-48(37-50)65-39-66(65,57-36-45(60(3,4)5)24-27-56(57)65)49-33-44(42-18-13-12-14-19-42)32-47(35-49)62(9,10)11;/h12-36,39H,1-11H3;/q-1;/t65?,66-;/m0./s1. The molecule has 6 heteroatoms. The third-order valence-electron chi connectivity index (χ3n) is 14.2. The molecule has 0 spiro atoms. The van der Waals surface area contributed by atoms with Gasteiger partial charge in [0, 0.05) is 68.5 Å². The Balaban J connectivity index is 0.00000539. The van der Waals surface area contributed by atoms with Gasteiger partial charge in [0.05, 0.1) is 5.69 Å². The largest absolute Gasteiger partial charge is 0.509 e. The van der Waals surface area contributed by atoms with Gasteiger partial charge in [-0.2, -0.15) is 16.7 Å². The summed E-state index contributed by atoms with van der Waals surface area (Å²) in [5.41, 5.74) is 18.1. The van der Waals surface area contributed by atoms with Gasteiger partial charge in [0.15, 0.2) is 12.4 Å². The van der Waals surface area contributed by atoms with Gasteiger partial charge in [-0.1, -0.05) is 147 Å². The molecule has 0 aliphatic carbocycles. The summed E-state index contributed by atoms with van der Waals surface area (Å²) in [5.74, 6) is 2.09. The van der Waals surface area contributed by atoms with Crippen LogP contribution in [0.25, 0.3) is 49.9 Å². The van der Waals surface area contributed by atoms with Crippen LogP contribution in [0.1, 0.15) is 90.1 Å². The molecule has 2 aliphatic heterocycles. The van der Waals surface area contributed by atoms with E-state index in [1.165, 1.54) is 61.6 Å². The Morgan fingerprint density at radius 3 is 1.93 bits per heavy atom. The molecule has 0 amide bonds. The summed E-state index contributed by atoms with van der Waals surface area (Å²) in [6, 6.07) is 60.5. The quantitative estimate of drug-likeness (QED) is 0.0903. The van der Waals surface area contributed by atoms with Crippen LogP contribution in [0.15, 0.2) is 152 Å². The van der Waals surface area contributed by atoms with Crippen molar-refractivity contribution in [3.8, 4) is 39.6 Å². The molecule has 1 fully saturated rings. The number of benzene rings is 7. The molecule has 5 nitrogen and oxygen atoms in total. The summed E-state index contributed by atoms with van der Waals surface area (Å²) < 4.78 is 10.1. The van der Waals surface area contributed by atoms with Gasteiger partial charge in [0.25, 0.3) is 0 Å². The van der Waals surface area contributed by atoms with Crippen molar-refractivity contribution in [2.45, 2.75) is 92.4 Å². The fourth-order valence-corrected chi connectivity index (χ4v) is 10.5. The molecule has 344 valence electrons. The van der Waals surface area contributed by atoms with Gasteiger partial charge in [-0.15, -0.1) is 29.7 Å². The molecule has 7 aromatic carbocycles. The van der Waals surface area contributed by atoms with E-state index in [0.717, 1.165) is 38.9 Å². The van der Waals surface area contributed by atoms with Crippen LogP contribution in [0.5, 0.6) is 11.5 Å². The maximum absolute atomic E-state index is 6.81. The summed E-state index contributed by atoms with van der Waals surface area (Å²) in [5, 5.41) is 2.23. The van der Waals surface area contributed by atoms with Gasteiger partial charge in [-0.05, 0) is 104 Å². The molecule has 0 N–H and O–H groups in total. The van der Waals surface area contributed by atoms with Crippen LogP contribution < -0.4 is 13.9 Å². The number of hydrogen-bond donors (Lipinski definition) is 0. The van der Waals surface area contributed by atoms with E-state index in [4.69, 9.17) is 9.72 Å². The zero-order valence-corrected chi connectivity index (χ0v) is 43.3. The molecule has 2 aliphatic rings. The number of para-hydroxylation sites is 1. The predicted molar refractivity (Wildman–Crippen MR) is 279 cm³/mol. The first-order valence-corrected chi connectivity index (χ1v) is 23.6. The summed E-state index contributed by atoms with van der Waals surface area (Å²) in [4.78, 5) is 5.00. The fourth-order valence-electron chi connectivity index (χ4n) is 10.5. The molecule has 1 unspecified atom stereocenters. The number of pyridine rings is 1. The van der Waals surface area contributed by atoms with Crippen LogP contribution in [0.2, 0.25) is 0 Å². The van der Waals surface area contributed by atoms with Gasteiger partial charge >= 0.3 is 0 Å². The van der Waals surface area contributed by atoms with E-state index < -0.39 is 0 Å². The number of aromatic nitrogens is 2. The van der Waals surface area contributed by atoms with Crippen LogP contribution >= 0.6 is 0 Å². The molecule has 0 radical (unpaired) electrons. The van der Waals surface area contributed by atoms with Crippen LogP contribution in [-0.4, -0.2) is 9.55 Å². The third-order valence-corrected chi connectivity index (χ3v) is 14.2. The Kier molecular flexibility index (Phi) is 10.7. The van der Waals surface area contributed by atoms with Crippen molar-refractivity contribution in [3.05, 3.63) is 198 Å². The minimum absolute atomic E-state index is 0. The number of ether oxygens (including phenoxy) is 1. The number of nitrogens with zero attached hydrogens (tertiary/aromatic N) is 4. The number of hydrogen-bond acceptors (Lipinski definition) is 2. The van der Waals surface area contributed by atoms with Crippen molar-refractivity contribution < 1.29 is 25.8 Å². The maximum atomic E-state index is 6.81. The van der Waals surface area contributed by atoms with Crippen LogP contribution in [-0.2, 0) is 37.3 Å². The molecular formula is C62H59N4OPt-. The average molecular weight is 1070 g/mol. The van der Waals surface area contributed by atoms with Crippen LogP contribution in [0.3, 0.4) is 0 Å². The molecule has 4 heterocycles. The number of quaternary nitrogens is 2. The molecule has 68 heavy (non-hydrogen) atoms. The van der Waals surface area contributed by atoms with E-state index in [9.17, 15) is 0 Å². The number of aryl methyl sites for hydroxylation is 2. The maximum Gasteiger partial charge on any atom is 0.225 e.